The van der Waals surface area contributed by atoms with Gasteiger partial charge in [0, 0.05) is 5.39 Å². The highest BCUT2D eigenvalue weighted by atomic mass is 32.2. The Morgan fingerprint density at radius 1 is 0.900 bits per heavy atom. The lowest BCUT2D eigenvalue weighted by Gasteiger charge is -2.19. The predicted octanol–water partition coefficient (Wildman–Crippen LogP) is 4.33. The highest BCUT2D eigenvalue weighted by Crippen LogP contribution is 2.36. The smallest absolute Gasteiger partial charge is 0.282 e. The highest BCUT2D eigenvalue weighted by molar-refractivity contribution is 7.86. The molecule has 108 valence electrons. The van der Waals surface area contributed by atoms with E-state index in [1.54, 1.807) is 12.1 Å². The van der Waals surface area contributed by atoms with Gasteiger partial charge in [-0.2, -0.15) is 8.42 Å². The molecular weight excluding hydrogens is 272 g/mol. The number of rotatable bonds is 3. The molecule has 2 rings (SSSR count). The first-order chi connectivity index (χ1) is 9.23. The molecule has 0 amide bonds. The molecule has 0 atom stereocenters. The number of benzene rings is 2. The minimum atomic E-state index is -4.25. The Balaban J connectivity index is 3.04. The molecule has 0 heterocycles. The molecule has 0 spiro atoms. The van der Waals surface area contributed by atoms with Gasteiger partial charge in [0.15, 0.2) is 0 Å². The largest absolute Gasteiger partial charge is 0.295 e. The van der Waals surface area contributed by atoms with Crippen molar-refractivity contribution < 1.29 is 13.0 Å². The maximum Gasteiger partial charge on any atom is 0.295 e. The summed E-state index contributed by atoms with van der Waals surface area (Å²) in [6.45, 7) is 8.03. The maximum atomic E-state index is 11.8. The maximum absolute atomic E-state index is 11.8. The van der Waals surface area contributed by atoms with Crippen molar-refractivity contribution in [3.05, 3.63) is 41.5 Å². The van der Waals surface area contributed by atoms with Crippen molar-refractivity contribution in [2.45, 2.75) is 44.4 Å². The van der Waals surface area contributed by atoms with E-state index in [1.807, 2.05) is 32.0 Å². The second kappa shape index (κ2) is 5.19. The number of hydrogen-bond acceptors (Lipinski definition) is 2. The first kappa shape index (κ1) is 15.0. The molecule has 0 saturated carbocycles. The Bertz CT molecular complexity index is 744. The van der Waals surface area contributed by atoms with Crippen LogP contribution in [0.5, 0.6) is 0 Å². The Labute approximate surface area is 120 Å². The summed E-state index contributed by atoms with van der Waals surface area (Å²) in [5, 5.41) is 1.49. The van der Waals surface area contributed by atoms with Gasteiger partial charge in [0.05, 0.1) is 0 Å². The van der Waals surface area contributed by atoms with E-state index >= 15 is 0 Å². The van der Waals surface area contributed by atoms with Crippen LogP contribution in [-0.4, -0.2) is 13.0 Å². The quantitative estimate of drug-likeness (QED) is 0.856. The zero-order chi connectivity index (χ0) is 15.1. The molecule has 0 aliphatic heterocycles. The van der Waals surface area contributed by atoms with Crippen LogP contribution in [0.25, 0.3) is 10.8 Å². The van der Waals surface area contributed by atoms with Gasteiger partial charge in [0.1, 0.15) is 4.90 Å². The first-order valence-corrected chi connectivity index (χ1v) is 8.20. The third-order valence-corrected chi connectivity index (χ3v) is 4.53. The van der Waals surface area contributed by atoms with Crippen molar-refractivity contribution in [2.75, 3.05) is 0 Å². The van der Waals surface area contributed by atoms with E-state index in [0.717, 1.165) is 10.9 Å². The summed E-state index contributed by atoms with van der Waals surface area (Å²) in [4.78, 5) is 0.0486. The van der Waals surface area contributed by atoms with E-state index in [1.165, 1.54) is 0 Å². The molecule has 4 heteroatoms. The van der Waals surface area contributed by atoms with Crippen molar-refractivity contribution in [3.63, 3.8) is 0 Å². The van der Waals surface area contributed by atoms with Gasteiger partial charge in [-0.1, -0.05) is 58.0 Å². The van der Waals surface area contributed by atoms with Gasteiger partial charge in [-0.3, -0.25) is 4.55 Å². The summed E-state index contributed by atoms with van der Waals surface area (Å²) >= 11 is 0. The monoisotopic (exact) mass is 292 g/mol. The SMILES string of the molecule is CC(C)c1cc(C(C)C)c2ccccc2c1S(=O)(=O)O. The molecule has 1 N–H and O–H groups in total. The molecule has 0 radical (unpaired) electrons. The Kier molecular flexibility index (Phi) is 3.89. The fourth-order valence-corrected chi connectivity index (χ4v) is 3.64. The molecular formula is C16H20O3S. The molecule has 2 aromatic rings. The average molecular weight is 292 g/mol. The molecule has 0 aliphatic carbocycles. The zero-order valence-electron chi connectivity index (χ0n) is 12.2. The lowest BCUT2D eigenvalue weighted by Crippen LogP contribution is -2.07. The standard InChI is InChI=1S/C16H20O3S/c1-10(2)14-9-15(11(3)4)16(20(17,18)19)13-8-6-5-7-12(13)14/h5-11H,1-4H3,(H,17,18,19). The van der Waals surface area contributed by atoms with Gasteiger partial charge < -0.3 is 0 Å². The van der Waals surface area contributed by atoms with Crippen LogP contribution in [-0.2, 0) is 10.1 Å². The van der Waals surface area contributed by atoms with E-state index in [9.17, 15) is 13.0 Å². The third kappa shape index (κ3) is 2.58. The predicted molar refractivity (Wildman–Crippen MR) is 81.9 cm³/mol. The van der Waals surface area contributed by atoms with Gasteiger partial charge in [0.25, 0.3) is 10.1 Å². The topological polar surface area (TPSA) is 54.4 Å². The summed E-state index contributed by atoms with van der Waals surface area (Å²) < 4.78 is 33.2. The second-order valence-electron chi connectivity index (χ2n) is 5.71. The van der Waals surface area contributed by atoms with Gasteiger partial charge in [-0.05, 0) is 28.3 Å². The van der Waals surface area contributed by atoms with E-state index < -0.39 is 10.1 Å². The van der Waals surface area contributed by atoms with E-state index in [2.05, 4.69) is 13.8 Å². The summed E-state index contributed by atoms with van der Waals surface area (Å²) in [6, 6.07) is 9.27. The zero-order valence-corrected chi connectivity index (χ0v) is 13.0. The van der Waals surface area contributed by atoms with Crippen molar-refractivity contribution in [1.29, 1.82) is 0 Å². The van der Waals surface area contributed by atoms with Crippen LogP contribution < -0.4 is 0 Å². The van der Waals surface area contributed by atoms with E-state index in [4.69, 9.17) is 0 Å². The van der Waals surface area contributed by atoms with Crippen molar-refractivity contribution in [2.24, 2.45) is 0 Å². The minimum absolute atomic E-state index is 0.0223. The van der Waals surface area contributed by atoms with Crippen LogP contribution in [0.4, 0.5) is 0 Å². The minimum Gasteiger partial charge on any atom is -0.282 e. The molecule has 0 unspecified atom stereocenters. The molecule has 0 saturated heterocycles. The van der Waals surface area contributed by atoms with Gasteiger partial charge in [-0.25, -0.2) is 0 Å². The van der Waals surface area contributed by atoms with Crippen molar-refractivity contribution in [1.82, 2.24) is 0 Å². The molecule has 0 fully saturated rings. The molecule has 0 aromatic heterocycles. The lowest BCUT2D eigenvalue weighted by molar-refractivity contribution is 0.482. The van der Waals surface area contributed by atoms with Crippen LogP contribution >= 0.6 is 0 Å². The van der Waals surface area contributed by atoms with Crippen LogP contribution in [0, 0.1) is 0 Å². The van der Waals surface area contributed by atoms with Crippen molar-refractivity contribution >= 4 is 20.9 Å². The number of hydrogen-bond donors (Lipinski definition) is 1. The molecule has 0 bridgehead atoms. The molecule has 20 heavy (non-hydrogen) atoms. The Hall–Kier alpha value is -1.39. The fraction of sp³-hybridized carbons (Fsp3) is 0.375. The van der Waals surface area contributed by atoms with Gasteiger partial charge in [-0.15, -0.1) is 0 Å². The van der Waals surface area contributed by atoms with Crippen molar-refractivity contribution in [3.8, 4) is 0 Å². The molecule has 0 aliphatic rings. The van der Waals surface area contributed by atoms with Crippen LogP contribution in [0.2, 0.25) is 0 Å². The Morgan fingerprint density at radius 2 is 1.40 bits per heavy atom. The second-order valence-corrected chi connectivity index (χ2v) is 7.07. The summed E-state index contributed by atoms with van der Waals surface area (Å²) in [6.07, 6.45) is 0. The molecule has 2 aromatic carbocycles. The lowest BCUT2D eigenvalue weighted by atomic mass is 9.90. The van der Waals surface area contributed by atoms with Crippen LogP contribution in [0.1, 0.15) is 50.7 Å². The van der Waals surface area contributed by atoms with Gasteiger partial charge in [0.2, 0.25) is 0 Å². The summed E-state index contributed by atoms with van der Waals surface area (Å²) in [7, 11) is -4.25. The summed E-state index contributed by atoms with van der Waals surface area (Å²) in [5.41, 5.74) is 1.78. The first-order valence-electron chi connectivity index (χ1n) is 6.76. The number of fused-ring (bicyclic) bond motifs is 1. The third-order valence-electron chi connectivity index (χ3n) is 3.56. The van der Waals surface area contributed by atoms with Crippen LogP contribution in [0.15, 0.2) is 35.2 Å². The average Bonchev–Trinajstić information content (AvgIpc) is 2.34. The fourth-order valence-electron chi connectivity index (χ4n) is 2.59. The Morgan fingerprint density at radius 3 is 1.85 bits per heavy atom. The van der Waals surface area contributed by atoms with E-state index in [0.29, 0.717) is 10.9 Å². The van der Waals surface area contributed by atoms with Crippen LogP contribution in [0.3, 0.4) is 0 Å². The molecule has 3 nitrogen and oxygen atoms in total. The van der Waals surface area contributed by atoms with Gasteiger partial charge >= 0.3 is 0 Å². The summed E-state index contributed by atoms with van der Waals surface area (Å²) in [5.74, 6) is 0.307. The van der Waals surface area contributed by atoms with E-state index in [-0.39, 0.29) is 16.7 Å². The normalized spacial score (nSPS) is 12.6. The highest BCUT2D eigenvalue weighted by Gasteiger charge is 2.23.